The van der Waals surface area contributed by atoms with Crippen molar-refractivity contribution in [3.05, 3.63) is 70.4 Å². The summed E-state index contributed by atoms with van der Waals surface area (Å²) >= 11 is 0. The van der Waals surface area contributed by atoms with Crippen LogP contribution in [0.2, 0.25) is 0 Å². The van der Waals surface area contributed by atoms with E-state index in [1.807, 2.05) is 29.1 Å². The molecule has 10 heteroatoms. The Morgan fingerprint density at radius 1 is 1.23 bits per heavy atom. The van der Waals surface area contributed by atoms with Crippen LogP contribution in [0.15, 0.2) is 53.7 Å². The van der Waals surface area contributed by atoms with Gasteiger partial charge in [-0.05, 0) is 23.6 Å². The first-order valence-corrected chi connectivity index (χ1v) is 11.9. The Bertz CT molecular complexity index is 1200. The van der Waals surface area contributed by atoms with Gasteiger partial charge < -0.3 is 9.84 Å². The minimum Gasteiger partial charge on any atom is -0.465 e. The van der Waals surface area contributed by atoms with Gasteiger partial charge in [-0.1, -0.05) is 26.0 Å². The number of carbonyl (C=O) groups is 1. The van der Waals surface area contributed by atoms with Crippen molar-refractivity contribution in [1.82, 2.24) is 24.5 Å². The minimum atomic E-state index is -1.01. The van der Waals surface area contributed by atoms with Crippen LogP contribution in [0.5, 0.6) is 0 Å². The molecule has 1 aromatic carbocycles. The van der Waals surface area contributed by atoms with Crippen LogP contribution in [-0.4, -0.2) is 75.1 Å². The van der Waals surface area contributed by atoms with Gasteiger partial charge >= 0.3 is 6.09 Å². The molecular weight excluding hydrogens is 448 g/mol. The van der Waals surface area contributed by atoms with E-state index in [9.17, 15) is 14.7 Å². The van der Waals surface area contributed by atoms with Gasteiger partial charge in [0.2, 0.25) is 5.43 Å². The van der Waals surface area contributed by atoms with Crippen molar-refractivity contribution >= 4 is 11.8 Å². The largest absolute Gasteiger partial charge is 0.465 e. The number of nitrogens with zero attached hydrogens (tertiary/aromatic N) is 6. The predicted molar refractivity (Wildman–Crippen MR) is 132 cm³/mol. The fourth-order valence-corrected chi connectivity index (χ4v) is 4.09. The maximum atomic E-state index is 12.5. The van der Waals surface area contributed by atoms with E-state index < -0.39 is 6.09 Å². The van der Waals surface area contributed by atoms with Crippen molar-refractivity contribution in [2.75, 3.05) is 44.3 Å². The van der Waals surface area contributed by atoms with E-state index in [2.05, 4.69) is 28.9 Å². The monoisotopic (exact) mass is 480 g/mol. The van der Waals surface area contributed by atoms with Crippen molar-refractivity contribution < 1.29 is 14.6 Å². The normalized spacial score (nSPS) is 14.4. The molecular formula is C25H32N6O4. The number of anilines is 1. The zero-order valence-electron chi connectivity index (χ0n) is 20.2. The lowest BCUT2D eigenvalue weighted by Crippen LogP contribution is -2.42. The molecule has 3 heterocycles. The van der Waals surface area contributed by atoms with E-state index in [4.69, 9.17) is 4.74 Å². The van der Waals surface area contributed by atoms with Crippen molar-refractivity contribution in [3.8, 4) is 5.69 Å². The number of carboxylic acid groups (broad SMARTS) is 1. The molecule has 0 spiro atoms. The third-order valence-corrected chi connectivity index (χ3v) is 5.88. The second kappa shape index (κ2) is 11.3. The van der Waals surface area contributed by atoms with Crippen molar-refractivity contribution in [2.24, 2.45) is 5.92 Å². The third kappa shape index (κ3) is 6.55. The minimum absolute atomic E-state index is 0.163. The number of ether oxygens (including phenoxy) is 1. The Morgan fingerprint density at radius 2 is 2.03 bits per heavy atom. The highest BCUT2D eigenvalue weighted by molar-refractivity contribution is 5.86. The number of hydrogen-bond acceptors (Lipinski definition) is 6. The molecule has 2 aromatic heterocycles. The van der Waals surface area contributed by atoms with Crippen LogP contribution in [-0.2, 0) is 17.7 Å². The van der Waals surface area contributed by atoms with Gasteiger partial charge in [0.25, 0.3) is 0 Å². The standard InChI is InChI=1S/C25H32N6O4/c1-19(2)17-29-18-22(16-26-29)31-7-6-24(32)23(27-31)15-20-4-3-5-21(14-20)30(25(33)34)9-8-28-10-12-35-13-11-28/h3-7,14,16,18-19H,8-13,15,17H2,1-2H3,(H,33,34). The molecule has 1 saturated heterocycles. The number of hydrogen-bond donors (Lipinski definition) is 1. The average molecular weight is 481 g/mol. The van der Waals surface area contributed by atoms with Crippen LogP contribution in [0, 0.1) is 5.92 Å². The van der Waals surface area contributed by atoms with Crippen molar-refractivity contribution in [3.63, 3.8) is 0 Å². The molecule has 3 aromatic rings. The zero-order valence-corrected chi connectivity index (χ0v) is 20.2. The summed E-state index contributed by atoms with van der Waals surface area (Å²) in [4.78, 5) is 28.1. The highest BCUT2D eigenvalue weighted by Gasteiger charge is 2.18. The molecule has 1 N–H and O–H groups in total. The second-order valence-corrected chi connectivity index (χ2v) is 9.12. The molecule has 0 unspecified atom stereocenters. The predicted octanol–water partition coefficient (Wildman–Crippen LogP) is 2.49. The topological polar surface area (TPSA) is 106 Å². The molecule has 0 bridgehead atoms. The number of amides is 1. The maximum Gasteiger partial charge on any atom is 0.411 e. The summed E-state index contributed by atoms with van der Waals surface area (Å²) in [5.74, 6) is 0.465. The Labute approximate surface area is 204 Å². The van der Waals surface area contributed by atoms with Crippen molar-refractivity contribution in [1.29, 1.82) is 0 Å². The zero-order chi connectivity index (χ0) is 24.8. The van der Waals surface area contributed by atoms with Gasteiger partial charge in [0.1, 0.15) is 11.4 Å². The highest BCUT2D eigenvalue weighted by Crippen LogP contribution is 2.18. The van der Waals surface area contributed by atoms with Gasteiger partial charge in [-0.25, -0.2) is 9.48 Å². The fourth-order valence-electron chi connectivity index (χ4n) is 4.09. The van der Waals surface area contributed by atoms with Gasteiger partial charge in [0.15, 0.2) is 0 Å². The van der Waals surface area contributed by atoms with Crippen LogP contribution in [0.3, 0.4) is 0 Å². The molecule has 186 valence electrons. The van der Waals surface area contributed by atoms with Crippen LogP contribution < -0.4 is 10.3 Å². The van der Waals surface area contributed by atoms with Crippen molar-refractivity contribution in [2.45, 2.75) is 26.8 Å². The SMILES string of the molecule is CC(C)Cn1cc(-n2ccc(=O)c(Cc3cccc(N(CCN4CCOCC4)C(=O)O)c3)n2)cn1. The summed E-state index contributed by atoms with van der Waals surface area (Å²) < 4.78 is 8.87. The second-order valence-electron chi connectivity index (χ2n) is 9.12. The first-order valence-electron chi connectivity index (χ1n) is 11.9. The number of rotatable bonds is 9. The first kappa shape index (κ1) is 24.6. The third-order valence-electron chi connectivity index (χ3n) is 5.88. The van der Waals surface area contributed by atoms with Gasteiger partial charge in [-0.15, -0.1) is 0 Å². The lowest BCUT2D eigenvalue weighted by atomic mass is 10.1. The molecule has 1 fully saturated rings. The van der Waals surface area contributed by atoms with Gasteiger partial charge in [0.05, 0.1) is 25.6 Å². The van der Waals surface area contributed by atoms with Gasteiger partial charge in [0, 0.05) is 57.1 Å². The maximum absolute atomic E-state index is 12.5. The lowest BCUT2D eigenvalue weighted by molar-refractivity contribution is 0.0392. The van der Waals surface area contributed by atoms with E-state index in [1.54, 1.807) is 23.1 Å². The summed E-state index contributed by atoms with van der Waals surface area (Å²) in [5, 5.41) is 18.7. The van der Waals surface area contributed by atoms with E-state index >= 15 is 0 Å². The molecule has 0 aliphatic carbocycles. The van der Waals surface area contributed by atoms with E-state index in [0.717, 1.165) is 30.9 Å². The van der Waals surface area contributed by atoms with Crippen LogP contribution in [0.1, 0.15) is 25.1 Å². The summed E-state index contributed by atoms with van der Waals surface area (Å²) in [7, 11) is 0. The molecule has 1 amide bonds. The van der Waals surface area contributed by atoms with Crippen LogP contribution in [0.4, 0.5) is 10.5 Å². The summed E-state index contributed by atoms with van der Waals surface area (Å²) in [5.41, 5.74) is 2.40. The molecule has 0 atom stereocenters. The Morgan fingerprint density at radius 3 is 2.77 bits per heavy atom. The van der Waals surface area contributed by atoms with Gasteiger partial charge in [-0.3, -0.25) is 19.3 Å². The molecule has 1 aliphatic rings. The smallest absolute Gasteiger partial charge is 0.411 e. The molecule has 1 aliphatic heterocycles. The van der Waals surface area contributed by atoms with E-state index in [1.165, 1.54) is 11.0 Å². The molecule has 10 nitrogen and oxygen atoms in total. The Balaban J connectivity index is 1.50. The molecule has 0 radical (unpaired) electrons. The van der Waals surface area contributed by atoms with E-state index in [0.29, 0.717) is 50.0 Å². The highest BCUT2D eigenvalue weighted by atomic mass is 16.5. The molecule has 0 saturated carbocycles. The van der Waals surface area contributed by atoms with Crippen LogP contribution >= 0.6 is 0 Å². The molecule has 4 rings (SSSR count). The summed E-state index contributed by atoms with van der Waals surface area (Å²) in [6.45, 7) is 8.98. The number of benzene rings is 1. The lowest BCUT2D eigenvalue weighted by Gasteiger charge is -2.29. The quantitative estimate of drug-likeness (QED) is 0.502. The fraction of sp³-hybridized carbons (Fsp3) is 0.440. The number of aromatic nitrogens is 4. The molecule has 35 heavy (non-hydrogen) atoms. The summed E-state index contributed by atoms with van der Waals surface area (Å²) in [6, 6.07) is 8.78. The van der Waals surface area contributed by atoms with E-state index in [-0.39, 0.29) is 5.43 Å². The van der Waals surface area contributed by atoms with Crippen LogP contribution in [0.25, 0.3) is 5.69 Å². The van der Waals surface area contributed by atoms with Gasteiger partial charge in [-0.2, -0.15) is 10.2 Å². The Kier molecular flexibility index (Phi) is 7.94. The number of morpholine rings is 1. The summed E-state index contributed by atoms with van der Waals surface area (Å²) in [6.07, 6.45) is 4.56. The first-order chi connectivity index (χ1) is 16.9. The Hall–Kier alpha value is -3.50. The average Bonchev–Trinajstić information content (AvgIpc) is 3.29.